The zero-order valence-electron chi connectivity index (χ0n) is 14.8. The van der Waals surface area contributed by atoms with Crippen LogP contribution in [0.3, 0.4) is 0 Å². The lowest BCUT2D eigenvalue weighted by Crippen LogP contribution is -2.39. The van der Waals surface area contributed by atoms with Crippen LogP contribution in [-0.4, -0.2) is 40.5 Å². The SMILES string of the molecule is O=[N+]([O-])c1ccc(CCN2CCC(Oc3ccc([N+](=O)[O-])cc3)CC2)cc1. The number of non-ortho nitro benzene ring substituents is 2. The van der Waals surface area contributed by atoms with Crippen molar-refractivity contribution in [1.82, 2.24) is 4.90 Å². The van der Waals surface area contributed by atoms with E-state index in [1.54, 1.807) is 24.3 Å². The van der Waals surface area contributed by atoms with E-state index in [1.807, 2.05) is 12.1 Å². The number of nitro benzene ring substituents is 2. The fourth-order valence-corrected chi connectivity index (χ4v) is 3.16. The summed E-state index contributed by atoms with van der Waals surface area (Å²) < 4.78 is 5.92. The maximum Gasteiger partial charge on any atom is 0.269 e. The van der Waals surface area contributed by atoms with E-state index in [9.17, 15) is 20.2 Å². The summed E-state index contributed by atoms with van der Waals surface area (Å²) in [6.45, 7) is 2.75. The van der Waals surface area contributed by atoms with Crippen LogP contribution >= 0.6 is 0 Å². The van der Waals surface area contributed by atoms with E-state index in [1.165, 1.54) is 12.1 Å². The molecular weight excluding hydrogens is 350 g/mol. The van der Waals surface area contributed by atoms with Gasteiger partial charge in [0, 0.05) is 43.9 Å². The topological polar surface area (TPSA) is 98.8 Å². The molecule has 2 aromatic rings. The van der Waals surface area contributed by atoms with Gasteiger partial charge in [-0.25, -0.2) is 0 Å². The lowest BCUT2D eigenvalue weighted by Gasteiger charge is -2.32. The van der Waals surface area contributed by atoms with Crippen molar-refractivity contribution in [3.8, 4) is 5.75 Å². The van der Waals surface area contributed by atoms with Gasteiger partial charge in [0.25, 0.3) is 11.4 Å². The number of rotatable bonds is 7. The van der Waals surface area contributed by atoms with Crippen molar-refractivity contribution in [2.45, 2.75) is 25.4 Å². The molecule has 1 heterocycles. The second kappa shape index (κ2) is 8.59. The first-order valence-corrected chi connectivity index (χ1v) is 8.88. The molecule has 0 atom stereocenters. The molecule has 0 aliphatic carbocycles. The summed E-state index contributed by atoms with van der Waals surface area (Å²) in [6, 6.07) is 12.9. The molecule has 3 rings (SSSR count). The van der Waals surface area contributed by atoms with Crippen LogP contribution < -0.4 is 4.74 Å². The molecule has 0 radical (unpaired) electrons. The van der Waals surface area contributed by atoms with Crippen LogP contribution in [0.1, 0.15) is 18.4 Å². The van der Waals surface area contributed by atoms with Gasteiger partial charge in [-0.1, -0.05) is 12.1 Å². The number of ether oxygens (including phenoxy) is 1. The molecule has 142 valence electrons. The molecule has 8 nitrogen and oxygen atoms in total. The van der Waals surface area contributed by atoms with E-state index in [0.717, 1.165) is 44.5 Å². The molecule has 2 aromatic carbocycles. The molecule has 27 heavy (non-hydrogen) atoms. The second-order valence-corrected chi connectivity index (χ2v) is 6.58. The Morgan fingerprint density at radius 1 is 0.889 bits per heavy atom. The van der Waals surface area contributed by atoms with Gasteiger partial charge < -0.3 is 9.64 Å². The van der Waals surface area contributed by atoms with Gasteiger partial charge in [0.15, 0.2) is 0 Å². The van der Waals surface area contributed by atoms with Crippen LogP contribution in [0.25, 0.3) is 0 Å². The Morgan fingerprint density at radius 2 is 1.41 bits per heavy atom. The summed E-state index contributed by atoms with van der Waals surface area (Å²) in [6.07, 6.45) is 2.77. The Morgan fingerprint density at radius 3 is 1.93 bits per heavy atom. The van der Waals surface area contributed by atoms with Crippen LogP contribution in [0.15, 0.2) is 48.5 Å². The summed E-state index contributed by atoms with van der Waals surface area (Å²) in [4.78, 5) is 22.9. The first-order chi connectivity index (χ1) is 13.0. The third kappa shape index (κ3) is 5.24. The molecule has 0 spiro atoms. The molecule has 0 bridgehead atoms. The fourth-order valence-electron chi connectivity index (χ4n) is 3.16. The molecule has 0 amide bonds. The van der Waals surface area contributed by atoms with E-state index in [4.69, 9.17) is 4.74 Å². The monoisotopic (exact) mass is 371 g/mol. The van der Waals surface area contributed by atoms with Gasteiger partial charge in [0.2, 0.25) is 0 Å². The zero-order valence-corrected chi connectivity index (χ0v) is 14.8. The number of hydrogen-bond donors (Lipinski definition) is 0. The largest absolute Gasteiger partial charge is 0.490 e. The number of hydrogen-bond acceptors (Lipinski definition) is 6. The van der Waals surface area contributed by atoms with E-state index >= 15 is 0 Å². The van der Waals surface area contributed by atoms with E-state index in [-0.39, 0.29) is 22.4 Å². The third-order valence-corrected chi connectivity index (χ3v) is 4.75. The van der Waals surface area contributed by atoms with Gasteiger partial charge in [-0.15, -0.1) is 0 Å². The lowest BCUT2D eigenvalue weighted by molar-refractivity contribution is -0.385. The molecule has 0 aromatic heterocycles. The Labute approximate surface area is 156 Å². The van der Waals surface area contributed by atoms with Crippen molar-refractivity contribution in [3.05, 3.63) is 74.3 Å². The normalized spacial score (nSPS) is 15.4. The molecule has 8 heteroatoms. The van der Waals surface area contributed by atoms with E-state index in [2.05, 4.69) is 4.90 Å². The first kappa shape index (κ1) is 18.8. The third-order valence-electron chi connectivity index (χ3n) is 4.75. The number of benzene rings is 2. The minimum atomic E-state index is -0.423. The molecule has 1 fully saturated rings. The predicted octanol–water partition coefficient (Wildman–Crippen LogP) is 3.59. The highest BCUT2D eigenvalue weighted by Crippen LogP contribution is 2.22. The Balaban J connectivity index is 1.42. The number of piperidine rings is 1. The summed E-state index contributed by atoms with van der Waals surface area (Å²) in [5, 5.41) is 21.4. The zero-order chi connectivity index (χ0) is 19.2. The van der Waals surface area contributed by atoms with Crippen LogP contribution in [-0.2, 0) is 6.42 Å². The Kier molecular flexibility index (Phi) is 5.97. The smallest absolute Gasteiger partial charge is 0.269 e. The predicted molar refractivity (Wildman–Crippen MR) is 100.0 cm³/mol. The van der Waals surface area contributed by atoms with Crippen molar-refractivity contribution in [2.75, 3.05) is 19.6 Å². The average molecular weight is 371 g/mol. The molecular formula is C19H21N3O5. The molecule has 0 N–H and O–H groups in total. The van der Waals surface area contributed by atoms with Crippen LogP contribution in [0, 0.1) is 20.2 Å². The fraction of sp³-hybridized carbons (Fsp3) is 0.368. The first-order valence-electron chi connectivity index (χ1n) is 8.88. The maximum atomic E-state index is 10.7. The van der Waals surface area contributed by atoms with Crippen LogP contribution in [0.2, 0.25) is 0 Å². The summed E-state index contributed by atoms with van der Waals surface area (Å²) in [7, 11) is 0. The van der Waals surface area contributed by atoms with Crippen molar-refractivity contribution >= 4 is 11.4 Å². The quantitative estimate of drug-likeness (QED) is 0.545. The van der Waals surface area contributed by atoms with Gasteiger partial charge >= 0.3 is 0 Å². The molecule has 0 unspecified atom stereocenters. The van der Waals surface area contributed by atoms with Crippen molar-refractivity contribution < 1.29 is 14.6 Å². The minimum absolute atomic E-state index is 0.0587. The molecule has 0 saturated carbocycles. The lowest BCUT2D eigenvalue weighted by atomic mass is 10.1. The summed E-state index contributed by atoms with van der Waals surface area (Å²) >= 11 is 0. The van der Waals surface area contributed by atoms with Gasteiger partial charge in [0.1, 0.15) is 11.9 Å². The minimum Gasteiger partial charge on any atom is -0.490 e. The second-order valence-electron chi connectivity index (χ2n) is 6.58. The summed E-state index contributed by atoms with van der Waals surface area (Å²) in [5.41, 5.74) is 1.26. The van der Waals surface area contributed by atoms with Crippen molar-refractivity contribution in [3.63, 3.8) is 0 Å². The number of nitrogens with zero attached hydrogens (tertiary/aromatic N) is 3. The summed E-state index contributed by atoms with van der Waals surface area (Å²) in [5.74, 6) is 0.657. The highest BCUT2D eigenvalue weighted by molar-refractivity contribution is 5.36. The van der Waals surface area contributed by atoms with E-state index in [0.29, 0.717) is 5.75 Å². The number of nitro groups is 2. The molecule has 1 aliphatic rings. The van der Waals surface area contributed by atoms with Gasteiger partial charge in [0.05, 0.1) is 9.85 Å². The van der Waals surface area contributed by atoms with E-state index < -0.39 is 4.92 Å². The maximum absolute atomic E-state index is 10.7. The average Bonchev–Trinajstić information content (AvgIpc) is 2.68. The van der Waals surface area contributed by atoms with Gasteiger partial charge in [-0.2, -0.15) is 0 Å². The van der Waals surface area contributed by atoms with Gasteiger partial charge in [-0.05, 0) is 37.0 Å². The Bertz CT molecular complexity index is 784. The molecule has 1 aliphatic heterocycles. The highest BCUT2D eigenvalue weighted by atomic mass is 16.6. The standard InChI is InChI=1S/C19H21N3O5/c23-21(24)16-3-1-15(2-4-16)9-12-20-13-10-19(11-14-20)27-18-7-5-17(6-8-18)22(25)26/h1-8,19H,9-14H2. The van der Waals surface area contributed by atoms with Crippen molar-refractivity contribution in [2.24, 2.45) is 0 Å². The molecule has 1 saturated heterocycles. The number of likely N-dealkylation sites (tertiary alicyclic amines) is 1. The Hall–Kier alpha value is -3.00. The highest BCUT2D eigenvalue weighted by Gasteiger charge is 2.20. The van der Waals surface area contributed by atoms with Crippen molar-refractivity contribution in [1.29, 1.82) is 0 Å². The van der Waals surface area contributed by atoms with Crippen LogP contribution in [0.4, 0.5) is 11.4 Å². The van der Waals surface area contributed by atoms with Gasteiger partial charge in [-0.3, -0.25) is 20.2 Å². The van der Waals surface area contributed by atoms with Crippen LogP contribution in [0.5, 0.6) is 5.75 Å².